The normalized spacial score (nSPS) is 22.4. The highest BCUT2D eigenvalue weighted by molar-refractivity contribution is 5.25. The number of benzene rings is 1. The van der Waals surface area contributed by atoms with E-state index in [1.807, 2.05) is 12.1 Å². The summed E-state index contributed by atoms with van der Waals surface area (Å²) in [6, 6.07) is 8.64. The fourth-order valence-electron chi connectivity index (χ4n) is 3.97. The van der Waals surface area contributed by atoms with Gasteiger partial charge in [-0.1, -0.05) is 12.1 Å². The molecule has 22 heavy (non-hydrogen) atoms. The van der Waals surface area contributed by atoms with Crippen LogP contribution in [0.1, 0.15) is 59.4 Å². The van der Waals surface area contributed by atoms with Crippen LogP contribution in [0.25, 0.3) is 0 Å². The molecule has 1 heterocycles. The molecule has 3 N–H and O–H groups in total. The summed E-state index contributed by atoms with van der Waals surface area (Å²) in [6.07, 6.45) is 4.50. The van der Waals surface area contributed by atoms with E-state index in [1.165, 1.54) is 18.4 Å². The van der Waals surface area contributed by atoms with Crippen LogP contribution in [0.15, 0.2) is 24.3 Å². The first-order valence-corrected chi connectivity index (χ1v) is 8.49. The Kier molecular flexibility index (Phi) is 5.18. The minimum Gasteiger partial charge on any atom is -0.508 e. The molecule has 1 aromatic carbocycles. The van der Waals surface area contributed by atoms with E-state index < -0.39 is 0 Å². The molecule has 2 rings (SSSR count). The van der Waals surface area contributed by atoms with Gasteiger partial charge in [0.1, 0.15) is 5.75 Å². The van der Waals surface area contributed by atoms with Crippen molar-refractivity contribution < 1.29 is 5.11 Å². The van der Waals surface area contributed by atoms with Gasteiger partial charge in [0.05, 0.1) is 0 Å². The van der Waals surface area contributed by atoms with Gasteiger partial charge in [0.2, 0.25) is 0 Å². The van der Waals surface area contributed by atoms with E-state index in [1.54, 1.807) is 12.1 Å². The van der Waals surface area contributed by atoms with E-state index in [0.717, 1.165) is 12.8 Å². The molecule has 1 aromatic rings. The molecule has 0 bridgehead atoms. The smallest absolute Gasteiger partial charge is 0.115 e. The topological polar surface area (TPSA) is 44.3 Å². The quantitative estimate of drug-likeness (QED) is 0.778. The van der Waals surface area contributed by atoms with Crippen LogP contribution in [0.5, 0.6) is 5.75 Å². The highest BCUT2D eigenvalue weighted by atomic mass is 16.3. The second-order valence-corrected chi connectivity index (χ2v) is 8.27. The summed E-state index contributed by atoms with van der Waals surface area (Å²) in [5.74, 6) is 0.342. The Morgan fingerprint density at radius 2 is 1.68 bits per heavy atom. The van der Waals surface area contributed by atoms with Gasteiger partial charge in [0.15, 0.2) is 0 Å². The molecule has 0 amide bonds. The minimum absolute atomic E-state index is 0.191. The third kappa shape index (κ3) is 5.29. The Balaban J connectivity index is 1.83. The van der Waals surface area contributed by atoms with Crippen LogP contribution in [0.4, 0.5) is 0 Å². The van der Waals surface area contributed by atoms with Crippen molar-refractivity contribution in [3.8, 4) is 5.75 Å². The van der Waals surface area contributed by atoms with Crippen LogP contribution in [-0.4, -0.2) is 28.3 Å². The zero-order valence-corrected chi connectivity index (χ0v) is 14.7. The van der Waals surface area contributed by atoms with Gasteiger partial charge in [0.25, 0.3) is 0 Å². The van der Waals surface area contributed by atoms with Gasteiger partial charge in [-0.2, -0.15) is 0 Å². The van der Waals surface area contributed by atoms with Gasteiger partial charge in [-0.05, 0) is 78.0 Å². The van der Waals surface area contributed by atoms with Crippen molar-refractivity contribution in [2.24, 2.45) is 0 Å². The van der Waals surface area contributed by atoms with Crippen molar-refractivity contribution in [2.75, 3.05) is 0 Å². The molecular formula is C19H32N2O. The Bertz CT molecular complexity index is 463. The van der Waals surface area contributed by atoms with Crippen molar-refractivity contribution in [1.82, 2.24) is 10.6 Å². The number of aryl methyl sites for hydroxylation is 1. The van der Waals surface area contributed by atoms with E-state index in [0.29, 0.717) is 17.8 Å². The van der Waals surface area contributed by atoms with E-state index in [-0.39, 0.29) is 11.1 Å². The number of rotatable bonds is 5. The fourth-order valence-corrected chi connectivity index (χ4v) is 3.97. The summed E-state index contributed by atoms with van der Waals surface area (Å²) in [4.78, 5) is 0. The number of phenols is 1. The average molecular weight is 304 g/mol. The van der Waals surface area contributed by atoms with E-state index >= 15 is 0 Å². The van der Waals surface area contributed by atoms with Gasteiger partial charge in [-0.3, -0.25) is 0 Å². The Labute approximate surface area is 135 Å². The van der Waals surface area contributed by atoms with Gasteiger partial charge in [0, 0.05) is 23.2 Å². The average Bonchev–Trinajstić information content (AvgIpc) is 2.34. The monoisotopic (exact) mass is 304 g/mol. The van der Waals surface area contributed by atoms with Crippen LogP contribution in [0.3, 0.4) is 0 Å². The molecule has 1 aliphatic heterocycles. The predicted octanol–water partition coefficient (Wildman–Crippen LogP) is 3.61. The number of hydrogen-bond donors (Lipinski definition) is 3. The first-order chi connectivity index (χ1) is 10.2. The molecule has 1 saturated heterocycles. The summed E-state index contributed by atoms with van der Waals surface area (Å²) in [6.45, 7) is 11.5. The molecule has 0 aliphatic carbocycles. The lowest BCUT2D eigenvalue weighted by molar-refractivity contribution is 0.140. The molecule has 0 spiro atoms. The molecular weight excluding hydrogens is 272 g/mol. The lowest BCUT2D eigenvalue weighted by atomic mass is 9.79. The fraction of sp³-hybridized carbons (Fsp3) is 0.684. The van der Waals surface area contributed by atoms with Gasteiger partial charge in [-0.15, -0.1) is 0 Å². The summed E-state index contributed by atoms with van der Waals surface area (Å²) < 4.78 is 0. The van der Waals surface area contributed by atoms with Crippen LogP contribution < -0.4 is 10.6 Å². The number of piperidine rings is 1. The first-order valence-electron chi connectivity index (χ1n) is 8.49. The maximum atomic E-state index is 9.33. The maximum Gasteiger partial charge on any atom is 0.115 e. The second kappa shape index (κ2) is 6.59. The second-order valence-electron chi connectivity index (χ2n) is 8.27. The Morgan fingerprint density at radius 1 is 1.14 bits per heavy atom. The Hall–Kier alpha value is -1.06. The van der Waals surface area contributed by atoms with Crippen molar-refractivity contribution in [3.63, 3.8) is 0 Å². The molecule has 3 nitrogen and oxygen atoms in total. The summed E-state index contributed by atoms with van der Waals surface area (Å²) in [5.41, 5.74) is 1.67. The number of phenolic OH excluding ortho intramolecular Hbond substituents is 1. The van der Waals surface area contributed by atoms with Crippen LogP contribution in [0.2, 0.25) is 0 Å². The van der Waals surface area contributed by atoms with Gasteiger partial charge < -0.3 is 15.7 Å². The third-order valence-electron chi connectivity index (χ3n) is 4.51. The van der Waals surface area contributed by atoms with Crippen molar-refractivity contribution in [3.05, 3.63) is 29.8 Å². The highest BCUT2D eigenvalue weighted by Gasteiger charge is 2.37. The van der Waals surface area contributed by atoms with Crippen molar-refractivity contribution >= 4 is 0 Å². The maximum absolute atomic E-state index is 9.33. The van der Waals surface area contributed by atoms with Gasteiger partial charge in [-0.25, -0.2) is 0 Å². The van der Waals surface area contributed by atoms with E-state index in [9.17, 15) is 5.11 Å². The molecule has 3 heteroatoms. The summed E-state index contributed by atoms with van der Waals surface area (Å²) in [7, 11) is 0. The summed E-state index contributed by atoms with van der Waals surface area (Å²) in [5, 5.41) is 16.9. The number of aromatic hydroxyl groups is 1. The predicted molar refractivity (Wildman–Crippen MR) is 93.3 cm³/mol. The lowest BCUT2D eigenvalue weighted by Gasteiger charge is -2.47. The zero-order valence-electron chi connectivity index (χ0n) is 14.7. The molecule has 0 saturated carbocycles. The molecule has 0 unspecified atom stereocenters. The van der Waals surface area contributed by atoms with Crippen molar-refractivity contribution in [1.29, 1.82) is 0 Å². The number of hydrogen-bond acceptors (Lipinski definition) is 3. The molecule has 1 aliphatic rings. The number of nitrogens with one attached hydrogen (secondary N) is 2. The molecule has 0 radical (unpaired) electrons. The third-order valence-corrected chi connectivity index (χ3v) is 4.51. The van der Waals surface area contributed by atoms with Crippen LogP contribution in [-0.2, 0) is 6.42 Å². The molecule has 1 fully saturated rings. The van der Waals surface area contributed by atoms with Gasteiger partial charge >= 0.3 is 0 Å². The highest BCUT2D eigenvalue weighted by Crippen LogP contribution is 2.28. The lowest BCUT2D eigenvalue weighted by Crippen LogP contribution is -2.62. The SMILES string of the molecule is C[C@H](CCc1ccc(O)cc1)NC1CC(C)(C)NC(C)(C)C1. The minimum atomic E-state index is 0.191. The van der Waals surface area contributed by atoms with Crippen molar-refractivity contribution in [2.45, 2.75) is 83.5 Å². The first kappa shape index (κ1) is 17.3. The van der Waals surface area contributed by atoms with E-state index in [2.05, 4.69) is 45.3 Å². The van der Waals surface area contributed by atoms with Crippen LogP contribution >= 0.6 is 0 Å². The summed E-state index contributed by atoms with van der Waals surface area (Å²) >= 11 is 0. The molecule has 1 atom stereocenters. The van der Waals surface area contributed by atoms with E-state index in [4.69, 9.17) is 0 Å². The molecule has 0 aromatic heterocycles. The zero-order chi connectivity index (χ0) is 16.4. The van der Waals surface area contributed by atoms with Crippen LogP contribution in [0, 0.1) is 0 Å². The standard InChI is InChI=1S/C19H32N2O/c1-14(6-7-15-8-10-17(22)11-9-15)20-16-12-18(2,3)21-19(4,5)13-16/h8-11,14,16,20-22H,6-7,12-13H2,1-5H3/t14-/m1/s1. The molecule has 124 valence electrons. The Morgan fingerprint density at radius 3 is 2.23 bits per heavy atom. The largest absolute Gasteiger partial charge is 0.508 e.